The normalized spacial score (nSPS) is 24.7. The highest BCUT2D eigenvalue weighted by Gasteiger charge is 2.56. The van der Waals surface area contributed by atoms with Crippen molar-refractivity contribution in [1.29, 1.82) is 0 Å². The molecule has 2 aromatic carbocycles. The Kier molecular flexibility index (Phi) is 8.96. The number of allylic oxidation sites excluding steroid dienone is 2. The zero-order chi connectivity index (χ0) is 29.7. The summed E-state index contributed by atoms with van der Waals surface area (Å²) in [7, 11) is 1.56. The van der Waals surface area contributed by atoms with Crippen molar-refractivity contribution in [2.45, 2.75) is 51.9 Å². The summed E-state index contributed by atoms with van der Waals surface area (Å²) >= 11 is 0. The lowest BCUT2D eigenvalue weighted by atomic mass is 9.99. The largest absolute Gasteiger partial charge is 0.496 e. The molecule has 5 rings (SSSR count). The van der Waals surface area contributed by atoms with Crippen LogP contribution in [0.2, 0.25) is 0 Å². The smallest absolute Gasteiger partial charge is 0.226 e. The SMILES string of the molecule is C#C/C=C(\C=C/CNC(=O)[C@]1(C)C[C@H]1c1ccc2c(/C=C/c3ccc(CN4C[C@@H](C)O[C@@H](C)C4)cc3)n[nH]c2c1)OC. The van der Waals surface area contributed by atoms with Gasteiger partial charge in [-0.2, -0.15) is 5.10 Å². The maximum Gasteiger partial charge on any atom is 0.226 e. The lowest BCUT2D eigenvalue weighted by Gasteiger charge is -2.35. The minimum absolute atomic E-state index is 0.0467. The van der Waals surface area contributed by atoms with Gasteiger partial charge in [-0.1, -0.05) is 61.4 Å². The van der Waals surface area contributed by atoms with Crippen LogP contribution in [0, 0.1) is 17.8 Å². The third-order valence-corrected chi connectivity index (χ3v) is 8.21. The Hall–Kier alpha value is -4.12. The fourth-order valence-electron chi connectivity index (χ4n) is 5.87. The molecule has 0 spiro atoms. The molecule has 4 atom stereocenters. The van der Waals surface area contributed by atoms with Gasteiger partial charge in [0.1, 0.15) is 5.76 Å². The van der Waals surface area contributed by atoms with Crippen molar-refractivity contribution in [2.75, 3.05) is 26.7 Å². The molecule has 2 fully saturated rings. The quantitative estimate of drug-likeness (QED) is 0.188. The van der Waals surface area contributed by atoms with Gasteiger partial charge in [-0.3, -0.25) is 14.8 Å². The summed E-state index contributed by atoms with van der Waals surface area (Å²) in [6.07, 6.45) is 15.9. The van der Waals surface area contributed by atoms with Crippen LogP contribution in [-0.2, 0) is 20.8 Å². The lowest BCUT2D eigenvalue weighted by Crippen LogP contribution is -2.44. The summed E-state index contributed by atoms with van der Waals surface area (Å²) in [5.74, 6) is 3.22. The second-order valence-corrected chi connectivity index (χ2v) is 11.6. The summed E-state index contributed by atoms with van der Waals surface area (Å²) in [5.41, 5.74) is 5.04. The highest BCUT2D eigenvalue weighted by molar-refractivity contribution is 5.91. The first-order valence-corrected chi connectivity index (χ1v) is 14.6. The van der Waals surface area contributed by atoms with E-state index in [4.69, 9.17) is 15.9 Å². The molecule has 1 aliphatic carbocycles. The van der Waals surface area contributed by atoms with Crippen LogP contribution >= 0.6 is 0 Å². The van der Waals surface area contributed by atoms with Crippen LogP contribution in [0.3, 0.4) is 0 Å². The second kappa shape index (κ2) is 12.8. The molecule has 1 aromatic heterocycles. The Labute approximate surface area is 248 Å². The second-order valence-electron chi connectivity index (χ2n) is 11.6. The van der Waals surface area contributed by atoms with Crippen molar-refractivity contribution >= 4 is 29.0 Å². The topological polar surface area (TPSA) is 79.5 Å². The maximum absolute atomic E-state index is 12.9. The van der Waals surface area contributed by atoms with Gasteiger partial charge in [0.15, 0.2) is 0 Å². The summed E-state index contributed by atoms with van der Waals surface area (Å²) in [4.78, 5) is 15.4. The Morgan fingerprint density at radius 1 is 1.21 bits per heavy atom. The zero-order valence-electron chi connectivity index (χ0n) is 24.9. The number of fused-ring (bicyclic) bond motifs is 1. The fraction of sp³-hybridized carbons (Fsp3) is 0.371. The molecule has 2 aliphatic rings. The maximum atomic E-state index is 12.9. The standard InChI is InChI=1S/C35H40N4O3/c1-6-8-29(41-5)9-7-18-36-34(40)35(4)20-31(35)28-15-16-30-32(37-38-33(30)19-28)17-14-26-10-12-27(13-11-26)23-39-21-24(2)42-25(3)22-39/h1,7-17,19,24-25,31H,18,20-23H2,2-5H3,(H,36,40)(H,37,38)/b9-7-,17-14+,29-8+/t24-,25+,31-,35+/m0/s1. The third-order valence-electron chi connectivity index (χ3n) is 8.21. The fourth-order valence-corrected chi connectivity index (χ4v) is 5.87. The number of aromatic nitrogens is 2. The van der Waals surface area contributed by atoms with Crippen LogP contribution in [0.1, 0.15) is 55.5 Å². The van der Waals surface area contributed by atoms with Gasteiger partial charge in [0, 0.05) is 37.6 Å². The van der Waals surface area contributed by atoms with Gasteiger partial charge in [-0.15, -0.1) is 6.42 Å². The van der Waals surface area contributed by atoms with Crippen molar-refractivity contribution in [1.82, 2.24) is 20.4 Å². The van der Waals surface area contributed by atoms with Gasteiger partial charge in [-0.05, 0) is 61.1 Å². The molecule has 7 heteroatoms. The molecule has 0 unspecified atom stereocenters. The predicted molar refractivity (Wildman–Crippen MR) is 168 cm³/mol. The van der Waals surface area contributed by atoms with Crippen LogP contribution in [0.4, 0.5) is 0 Å². The van der Waals surface area contributed by atoms with Crippen molar-refractivity contribution in [2.24, 2.45) is 5.41 Å². The van der Waals surface area contributed by atoms with E-state index in [1.54, 1.807) is 13.2 Å². The average molecular weight is 565 g/mol. The van der Waals surface area contributed by atoms with Crippen molar-refractivity contribution < 1.29 is 14.3 Å². The summed E-state index contributed by atoms with van der Waals surface area (Å²) in [6, 6.07) is 15.1. The van der Waals surface area contributed by atoms with Gasteiger partial charge < -0.3 is 14.8 Å². The molecule has 218 valence electrons. The molecule has 3 aromatic rings. The van der Waals surface area contributed by atoms with Crippen LogP contribution in [0.5, 0.6) is 0 Å². The van der Waals surface area contributed by atoms with Gasteiger partial charge >= 0.3 is 0 Å². The first kappa shape index (κ1) is 29.4. The zero-order valence-corrected chi connectivity index (χ0v) is 24.9. The van der Waals surface area contributed by atoms with Gasteiger partial charge in [0.2, 0.25) is 5.91 Å². The highest BCUT2D eigenvalue weighted by atomic mass is 16.5. The van der Waals surface area contributed by atoms with Gasteiger partial charge in [0.25, 0.3) is 0 Å². The summed E-state index contributed by atoms with van der Waals surface area (Å²) < 4.78 is 11.0. The van der Waals surface area contributed by atoms with Crippen LogP contribution in [-0.4, -0.2) is 60.0 Å². The molecule has 1 aliphatic heterocycles. The number of hydrogen-bond donors (Lipinski definition) is 2. The minimum atomic E-state index is -0.423. The number of amides is 1. The Morgan fingerprint density at radius 3 is 2.69 bits per heavy atom. The number of rotatable bonds is 10. The van der Waals surface area contributed by atoms with E-state index < -0.39 is 5.41 Å². The number of carbonyl (C=O) groups excluding carboxylic acids is 1. The number of morpholine rings is 1. The first-order chi connectivity index (χ1) is 20.3. The Bertz CT molecular complexity index is 1530. The molecule has 2 N–H and O–H groups in total. The first-order valence-electron chi connectivity index (χ1n) is 14.6. The average Bonchev–Trinajstić information content (AvgIpc) is 3.51. The number of ether oxygens (including phenoxy) is 2. The van der Waals surface area contributed by atoms with Crippen LogP contribution in [0.25, 0.3) is 23.1 Å². The molecule has 0 bridgehead atoms. The molecule has 0 radical (unpaired) electrons. The number of benzene rings is 2. The van der Waals surface area contributed by atoms with Crippen molar-refractivity contribution in [3.63, 3.8) is 0 Å². The Balaban J connectivity index is 1.17. The van der Waals surface area contributed by atoms with Crippen molar-refractivity contribution in [3.8, 4) is 12.3 Å². The molecule has 1 saturated carbocycles. The minimum Gasteiger partial charge on any atom is -0.496 e. The predicted octanol–water partition coefficient (Wildman–Crippen LogP) is 5.67. The molecule has 1 amide bonds. The number of carbonyl (C=O) groups is 1. The number of aromatic amines is 1. The monoisotopic (exact) mass is 564 g/mol. The molecule has 42 heavy (non-hydrogen) atoms. The van der Waals surface area contributed by atoms with E-state index in [2.05, 4.69) is 94.8 Å². The van der Waals surface area contributed by atoms with Crippen molar-refractivity contribution in [3.05, 3.63) is 88.8 Å². The van der Waals surface area contributed by atoms with E-state index in [0.717, 1.165) is 53.8 Å². The summed E-state index contributed by atoms with van der Waals surface area (Å²) in [5, 5.41) is 11.8. The Morgan fingerprint density at radius 2 is 1.98 bits per heavy atom. The van der Waals surface area contributed by atoms with Gasteiger partial charge in [-0.25, -0.2) is 0 Å². The highest BCUT2D eigenvalue weighted by Crippen LogP contribution is 2.59. The number of H-pyrrole nitrogens is 1. The molecular formula is C35H40N4O3. The number of nitrogens with zero attached hydrogens (tertiary/aromatic N) is 2. The lowest BCUT2D eigenvalue weighted by molar-refractivity contribution is -0.125. The summed E-state index contributed by atoms with van der Waals surface area (Å²) in [6.45, 7) is 9.58. The number of terminal acetylenes is 1. The number of nitrogens with one attached hydrogen (secondary N) is 2. The molecule has 7 nitrogen and oxygen atoms in total. The molecule has 1 saturated heterocycles. The number of methoxy groups -OCH3 is 1. The van der Waals surface area contributed by atoms with Crippen LogP contribution < -0.4 is 5.32 Å². The van der Waals surface area contributed by atoms with Crippen LogP contribution in [0.15, 0.2) is 66.5 Å². The molecule has 2 heterocycles. The van der Waals surface area contributed by atoms with E-state index in [1.165, 1.54) is 11.6 Å². The van der Waals surface area contributed by atoms with E-state index in [0.29, 0.717) is 12.3 Å². The van der Waals surface area contributed by atoms with E-state index in [1.807, 2.05) is 13.0 Å². The van der Waals surface area contributed by atoms with E-state index in [9.17, 15) is 4.79 Å². The molecular weight excluding hydrogens is 524 g/mol. The van der Waals surface area contributed by atoms with E-state index >= 15 is 0 Å². The number of hydrogen-bond acceptors (Lipinski definition) is 5. The van der Waals surface area contributed by atoms with Gasteiger partial charge in [0.05, 0.1) is 35.9 Å². The third kappa shape index (κ3) is 6.84. The van der Waals surface area contributed by atoms with E-state index in [-0.39, 0.29) is 24.0 Å².